The van der Waals surface area contributed by atoms with Gasteiger partial charge in [-0.25, -0.2) is 0 Å². The Balaban J connectivity index is 2.08. The van der Waals surface area contributed by atoms with Crippen molar-refractivity contribution < 1.29 is 4.74 Å². The average molecular weight is 244 g/mol. The lowest BCUT2D eigenvalue weighted by Crippen LogP contribution is -2.37. The molecule has 2 rings (SSSR count). The van der Waals surface area contributed by atoms with E-state index in [0.29, 0.717) is 6.10 Å². The molecule has 3 heteroatoms. The molecule has 1 heterocycles. The summed E-state index contributed by atoms with van der Waals surface area (Å²) in [7, 11) is 0. The van der Waals surface area contributed by atoms with E-state index in [-0.39, 0.29) is 0 Å². The summed E-state index contributed by atoms with van der Waals surface area (Å²) in [6.07, 6.45) is 2.49. The molecular weight excluding hydrogens is 224 g/mol. The summed E-state index contributed by atoms with van der Waals surface area (Å²) >= 11 is 0. The number of anilines is 1. The van der Waals surface area contributed by atoms with E-state index in [0.717, 1.165) is 49.4 Å². The summed E-state index contributed by atoms with van der Waals surface area (Å²) < 4.78 is 5.65. The summed E-state index contributed by atoms with van der Waals surface area (Å²) in [6, 6.07) is 8.40. The zero-order chi connectivity index (χ0) is 13.0. The highest BCUT2D eigenvalue weighted by atomic mass is 16.5. The van der Waals surface area contributed by atoms with E-state index in [1.165, 1.54) is 0 Å². The molecule has 0 radical (unpaired) electrons. The van der Waals surface area contributed by atoms with Gasteiger partial charge in [-0.3, -0.25) is 0 Å². The standard InChI is InChI=1S/C15H20N2O/c1-3-18-14-6-8-17(9-7-14)15-5-4-12(2)10-13(15)11-16/h4-5,10,14H,3,6-9H2,1-2H3. The molecule has 0 saturated carbocycles. The minimum absolute atomic E-state index is 0.391. The van der Waals surface area contributed by atoms with Gasteiger partial charge in [-0.15, -0.1) is 0 Å². The SMILES string of the molecule is CCOC1CCN(c2ccc(C)cc2C#N)CC1. The molecule has 0 bridgehead atoms. The van der Waals surface area contributed by atoms with E-state index in [1.807, 2.05) is 19.9 Å². The molecule has 0 spiro atoms. The van der Waals surface area contributed by atoms with Crippen LogP contribution in [0.2, 0.25) is 0 Å². The van der Waals surface area contributed by atoms with Crippen LogP contribution in [0.25, 0.3) is 0 Å². The van der Waals surface area contributed by atoms with Crippen molar-refractivity contribution >= 4 is 5.69 Å². The molecule has 0 N–H and O–H groups in total. The number of nitrogens with zero attached hydrogens (tertiary/aromatic N) is 2. The summed E-state index contributed by atoms with van der Waals surface area (Å²) in [5.74, 6) is 0. The molecule has 0 unspecified atom stereocenters. The number of ether oxygens (including phenoxy) is 1. The predicted molar refractivity (Wildman–Crippen MR) is 72.8 cm³/mol. The number of nitriles is 1. The quantitative estimate of drug-likeness (QED) is 0.820. The Bertz CT molecular complexity index is 442. The molecule has 1 aliphatic rings. The van der Waals surface area contributed by atoms with Gasteiger partial charge in [0.15, 0.2) is 0 Å². The van der Waals surface area contributed by atoms with Crippen LogP contribution in [0.1, 0.15) is 30.9 Å². The number of piperidine rings is 1. The summed E-state index contributed by atoms with van der Waals surface area (Å²) in [5, 5.41) is 9.21. The third kappa shape index (κ3) is 2.83. The first-order valence-electron chi connectivity index (χ1n) is 6.62. The second-order valence-corrected chi connectivity index (χ2v) is 4.77. The Hall–Kier alpha value is -1.53. The number of benzene rings is 1. The molecule has 3 nitrogen and oxygen atoms in total. The maximum atomic E-state index is 9.21. The van der Waals surface area contributed by atoms with Crippen LogP contribution in [0.3, 0.4) is 0 Å². The maximum absolute atomic E-state index is 9.21. The van der Waals surface area contributed by atoms with Crippen molar-refractivity contribution in [1.82, 2.24) is 0 Å². The van der Waals surface area contributed by atoms with Gasteiger partial charge in [0.25, 0.3) is 0 Å². The van der Waals surface area contributed by atoms with Crippen LogP contribution < -0.4 is 4.90 Å². The predicted octanol–water partition coefficient (Wildman–Crippen LogP) is 2.87. The molecule has 18 heavy (non-hydrogen) atoms. The minimum atomic E-state index is 0.391. The maximum Gasteiger partial charge on any atom is 0.101 e. The smallest absolute Gasteiger partial charge is 0.101 e. The highest BCUT2D eigenvalue weighted by Gasteiger charge is 2.21. The minimum Gasteiger partial charge on any atom is -0.378 e. The Morgan fingerprint density at radius 2 is 2.11 bits per heavy atom. The van der Waals surface area contributed by atoms with Crippen molar-refractivity contribution in [3.63, 3.8) is 0 Å². The van der Waals surface area contributed by atoms with Crippen LogP contribution in [-0.2, 0) is 4.74 Å². The second kappa shape index (κ2) is 5.88. The first-order valence-corrected chi connectivity index (χ1v) is 6.62. The van der Waals surface area contributed by atoms with Gasteiger partial charge in [0.2, 0.25) is 0 Å². The van der Waals surface area contributed by atoms with Crippen LogP contribution >= 0.6 is 0 Å². The number of aryl methyl sites for hydroxylation is 1. The third-order valence-electron chi connectivity index (χ3n) is 3.46. The van der Waals surface area contributed by atoms with Gasteiger partial charge in [-0.05, 0) is 44.4 Å². The van der Waals surface area contributed by atoms with Gasteiger partial charge in [-0.2, -0.15) is 5.26 Å². The molecule has 0 aliphatic carbocycles. The molecule has 1 aromatic rings. The zero-order valence-corrected chi connectivity index (χ0v) is 11.1. The van der Waals surface area contributed by atoms with Crippen molar-refractivity contribution in [2.45, 2.75) is 32.8 Å². The lowest BCUT2D eigenvalue weighted by Gasteiger charge is -2.33. The average Bonchev–Trinajstić information content (AvgIpc) is 2.40. The van der Waals surface area contributed by atoms with Crippen molar-refractivity contribution in [3.8, 4) is 6.07 Å². The van der Waals surface area contributed by atoms with E-state index in [4.69, 9.17) is 4.74 Å². The molecule has 1 aliphatic heterocycles. The van der Waals surface area contributed by atoms with Gasteiger partial charge in [0, 0.05) is 19.7 Å². The molecule has 1 aromatic carbocycles. The van der Waals surface area contributed by atoms with E-state index < -0.39 is 0 Å². The molecule has 0 aromatic heterocycles. The van der Waals surface area contributed by atoms with Crippen molar-refractivity contribution in [3.05, 3.63) is 29.3 Å². The number of hydrogen-bond donors (Lipinski definition) is 0. The molecule has 96 valence electrons. The molecule has 0 amide bonds. The Morgan fingerprint density at radius 3 is 2.72 bits per heavy atom. The topological polar surface area (TPSA) is 36.3 Å². The Kier molecular flexibility index (Phi) is 4.22. The summed E-state index contributed by atoms with van der Waals surface area (Å²) in [4.78, 5) is 2.30. The van der Waals surface area contributed by atoms with Gasteiger partial charge < -0.3 is 9.64 Å². The highest BCUT2D eigenvalue weighted by molar-refractivity contribution is 5.60. The molecule has 1 saturated heterocycles. The lowest BCUT2D eigenvalue weighted by atomic mass is 10.0. The Labute approximate surface area is 109 Å². The highest BCUT2D eigenvalue weighted by Crippen LogP contribution is 2.25. The number of hydrogen-bond acceptors (Lipinski definition) is 3. The molecular formula is C15H20N2O. The van der Waals surface area contributed by atoms with E-state index in [1.54, 1.807) is 0 Å². The third-order valence-corrected chi connectivity index (χ3v) is 3.46. The van der Waals surface area contributed by atoms with Gasteiger partial charge in [0.05, 0.1) is 17.4 Å². The summed E-state index contributed by atoms with van der Waals surface area (Å²) in [5.41, 5.74) is 2.99. The Morgan fingerprint density at radius 1 is 1.39 bits per heavy atom. The first-order chi connectivity index (χ1) is 8.74. The van der Waals surface area contributed by atoms with Crippen LogP contribution in [-0.4, -0.2) is 25.8 Å². The lowest BCUT2D eigenvalue weighted by molar-refractivity contribution is 0.0459. The largest absolute Gasteiger partial charge is 0.378 e. The van der Waals surface area contributed by atoms with E-state index in [2.05, 4.69) is 23.1 Å². The second-order valence-electron chi connectivity index (χ2n) is 4.77. The van der Waals surface area contributed by atoms with Crippen LogP contribution in [0, 0.1) is 18.3 Å². The van der Waals surface area contributed by atoms with Gasteiger partial charge in [-0.1, -0.05) is 6.07 Å². The van der Waals surface area contributed by atoms with Gasteiger partial charge in [0.1, 0.15) is 6.07 Å². The van der Waals surface area contributed by atoms with Gasteiger partial charge >= 0.3 is 0 Å². The van der Waals surface area contributed by atoms with Crippen LogP contribution in [0.5, 0.6) is 0 Å². The molecule has 1 fully saturated rings. The first kappa shape index (κ1) is 12.9. The zero-order valence-electron chi connectivity index (χ0n) is 11.1. The number of rotatable bonds is 3. The van der Waals surface area contributed by atoms with Crippen LogP contribution in [0.15, 0.2) is 18.2 Å². The summed E-state index contributed by atoms with van der Waals surface area (Å²) in [6.45, 7) is 6.80. The van der Waals surface area contributed by atoms with E-state index in [9.17, 15) is 5.26 Å². The monoisotopic (exact) mass is 244 g/mol. The fourth-order valence-electron chi connectivity index (χ4n) is 2.51. The fraction of sp³-hybridized carbons (Fsp3) is 0.533. The van der Waals surface area contributed by atoms with E-state index >= 15 is 0 Å². The van der Waals surface area contributed by atoms with Crippen molar-refractivity contribution in [2.75, 3.05) is 24.6 Å². The van der Waals surface area contributed by atoms with Crippen molar-refractivity contribution in [2.24, 2.45) is 0 Å². The fourth-order valence-corrected chi connectivity index (χ4v) is 2.51. The van der Waals surface area contributed by atoms with Crippen LogP contribution in [0.4, 0.5) is 5.69 Å². The van der Waals surface area contributed by atoms with Crippen molar-refractivity contribution in [1.29, 1.82) is 5.26 Å². The molecule has 0 atom stereocenters. The normalized spacial score (nSPS) is 16.6.